The lowest BCUT2D eigenvalue weighted by Gasteiger charge is -2.34. The van der Waals surface area contributed by atoms with E-state index in [-0.39, 0.29) is 0 Å². The van der Waals surface area contributed by atoms with Gasteiger partial charge in [0, 0.05) is 44.3 Å². The van der Waals surface area contributed by atoms with Gasteiger partial charge in [0.15, 0.2) is 10.9 Å². The van der Waals surface area contributed by atoms with E-state index in [9.17, 15) is 0 Å². The van der Waals surface area contributed by atoms with Crippen molar-refractivity contribution in [3.8, 4) is 5.75 Å². The fourth-order valence-electron chi connectivity index (χ4n) is 2.43. The predicted octanol–water partition coefficient (Wildman–Crippen LogP) is 3.65. The number of para-hydroxylation sites is 1. The summed E-state index contributed by atoms with van der Waals surface area (Å²) in [6, 6.07) is 5.39. The van der Waals surface area contributed by atoms with Crippen LogP contribution in [0.4, 0.5) is 5.13 Å². The third-order valence-electron chi connectivity index (χ3n) is 3.63. The Bertz CT molecular complexity index is 581. The predicted molar refractivity (Wildman–Crippen MR) is 92.7 cm³/mol. The molecule has 0 bridgehead atoms. The van der Waals surface area contributed by atoms with Crippen LogP contribution in [-0.4, -0.2) is 49.2 Å². The Morgan fingerprint density at radius 2 is 1.86 bits per heavy atom. The third kappa shape index (κ3) is 3.84. The standard InChI is InChI=1S/C15H17Cl2N3OS/c16-12-2-1-3-13(17)14(12)21-10-9-19-5-7-20(8-6-19)15-18-4-11-22-15/h1-4,11H,5-10H2. The van der Waals surface area contributed by atoms with Crippen LogP contribution in [0.25, 0.3) is 0 Å². The molecule has 118 valence electrons. The summed E-state index contributed by atoms with van der Waals surface area (Å²) in [4.78, 5) is 9.07. The zero-order valence-corrected chi connectivity index (χ0v) is 14.4. The molecule has 2 aromatic rings. The number of thiazole rings is 1. The molecule has 0 spiro atoms. The lowest BCUT2D eigenvalue weighted by Crippen LogP contribution is -2.47. The Hall–Kier alpha value is -1.01. The molecule has 2 heterocycles. The average molecular weight is 358 g/mol. The molecule has 0 radical (unpaired) electrons. The van der Waals surface area contributed by atoms with E-state index in [0.717, 1.165) is 37.9 Å². The van der Waals surface area contributed by atoms with E-state index in [2.05, 4.69) is 14.8 Å². The second kappa shape index (κ2) is 7.51. The van der Waals surface area contributed by atoms with Gasteiger partial charge < -0.3 is 9.64 Å². The van der Waals surface area contributed by atoms with Crippen LogP contribution in [0.5, 0.6) is 5.75 Å². The number of benzene rings is 1. The van der Waals surface area contributed by atoms with Crippen LogP contribution < -0.4 is 9.64 Å². The van der Waals surface area contributed by atoms with Crippen molar-refractivity contribution < 1.29 is 4.74 Å². The first kappa shape index (κ1) is 15.9. The van der Waals surface area contributed by atoms with Crippen LogP contribution in [0.1, 0.15) is 0 Å². The third-order valence-corrected chi connectivity index (χ3v) is 5.06. The summed E-state index contributed by atoms with van der Waals surface area (Å²) in [5, 5.41) is 4.24. The number of halogens is 2. The topological polar surface area (TPSA) is 28.6 Å². The van der Waals surface area contributed by atoms with Gasteiger partial charge in [-0.2, -0.15) is 0 Å². The summed E-state index contributed by atoms with van der Waals surface area (Å²) in [7, 11) is 0. The van der Waals surface area contributed by atoms with Crippen LogP contribution in [0.15, 0.2) is 29.8 Å². The largest absolute Gasteiger partial charge is 0.489 e. The van der Waals surface area contributed by atoms with Gasteiger partial charge in [-0.25, -0.2) is 4.98 Å². The second-order valence-corrected chi connectivity index (χ2v) is 6.73. The van der Waals surface area contributed by atoms with Gasteiger partial charge in [-0.15, -0.1) is 11.3 Å². The van der Waals surface area contributed by atoms with Gasteiger partial charge in [-0.3, -0.25) is 4.90 Å². The minimum absolute atomic E-state index is 0.557. The number of aromatic nitrogens is 1. The maximum absolute atomic E-state index is 6.09. The average Bonchev–Trinajstić information content (AvgIpc) is 3.05. The molecule has 4 nitrogen and oxygen atoms in total. The summed E-state index contributed by atoms with van der Waals surface area (Å²) in [6.07, 6.45) is 1.85. The Morgan fingerprint density at radius 1 is 1.14 bits per heavy atom. The molecule has 1 saturated heterocycles. The number of ether oxygens (including phenoxy) is 1. The van der Waals surface area contributed by atoms with Gasteiger partial charge in [-0.05, 0) is 12.1 Å². The molecule has 1 aromatic heterocycles. The Morgan fingerprint density at radius 3 is 2.50 bits per heavy atom. The van der Waals surface area contributed by atoms with Crippen LogP contribution >= 0.6 is 34.5 Å². The van der Waals surface area contributed by atoms with Crippen molar-refractivity contribution in [2.75, 3.05) is 44.2 Å². The molecule has 7 heteroatoms. The van der Waals surface area contributed by atoms with E-state index in [1.54, 1.807) is 23.5 Å². The summed E-state index contributed by atoms with van der Waals surface area (Å²) >= 11 is 13.9. The van der Waals surface area contributed by atoms with E-state index in [0.29, 0.717) is 22.4 Å². The first-order chi connectivity index (χ1) is 10.7. The Kier molecular flexibility index (Phi) is 5.41. The maximum Gasteiger partial charge on any atom is 0.185 e. The monoisotopic (exact) mass is 357 g/mol. The van der Waals surface area contributed by atoms with Crippen molar-refractivity contribution in [3.05, 3.63) is 39.8 Å². The van der Waals surface area contributed by atoms with E-state index in [4.69, 9.17) is 27.9 Å². The van der Waals surface area contributed by atoms with Crippen LogP contribution in [-0.2, 0) is 0 Å². The highest BCUT2D eigenvalue weighted by atomic mass is 35.5. The smallest absolute Gasteiger partial charge is 0.185 e. The van der Waals surface area contributed by atoms with Crippen molar-refractivity contribution in [3.63, 3.8) is 0 Å². The molecule has 1 aliphatic rings. The molecule has 1 aliphatic heterocycles. The highest BCUT2D eigenvalue weighted by Gasteiger charge is 2.18. The first-order valence-corrected chi connectivity index (χ1v) is 8.81. The van der Waals surface area contributed by atoms with E-state index in [1.807, 2.05) is 17.6 Å². The summed E-state index contributed by atoms with van der Waals surface area (Å²) in [5.41, 5.74) is 0. The van der Waals surface area contributed by atoms with E-state index >= 15 is 0 Å². The quantitative estimate of drug-likeness (QED) is 0.816. The number of piperazine rings is 1. The fourth-order valence-corrected chi connectivity index (χ4v) is 3.64. The van der Waals surface area contributed by atoms with Crippen molar-refractivity contribution in [1.29, 1.82) is 0 Å². The van der Waals surface area contributed by atoms with Gasteiger partial charge in [0.1, 0.15) is 6.61 Å². The van der Waals surface area contributed by atoms with Crippen LogP contribution in [0.3, 0.4) is 0 Å². The van der Waals surface area contributed by atoms with Crippen LogP contribution in [0, 0.1) is 0 Å². The van der Waals surface area contributed by atoms with E-state index < -0.39 is 0 Å². The molecular formula is C15H17Cl2N3OS. The molecule has 0 amide bonds. The summed E-state index contributed by atoms with van der Waals surface area (Å²) in [6.45, 7) is 5.48. The molecule has 0 saturated carbocycles. The minimum Gasteiger partial charge on any atom is -0.489 e. The summed E-state index contributed by atoms with van der Waals surface area (Å²) < 4.78 is 5.74. The molecule has 0 atom stereocenters. The lowest BCUT2D eigenvalue weighted by molar-refractivity contribution is 0.200. The molecule has 1 fully saturated rings. The molecule has 22 heavy (non-hydrogen) atoms. The number of hydrogen-bond donors (Lipinski definition) is 0. The summed E-state index contributed by atoms with van der Waals surface area (Å²) in [5.74, 6) is 0.576. The first-order valence-electron chi connectivity index (χ1n) is 7.17. The maximum atomic E-state index is 6.09. The Labute approximate surface area is 144 Å². The highest BCUT2D eigenvalue weighted by Crippen LogP contribution is 2.32. The van der Waals surface area contributed by atoms with E-state index in [1.165, 1.54) is 0 Å². The van der Waals surface area contributed by atoms with Crippen molar-refractivity contribution in [2.45, 2.75) is 0 Å². The normalized spacial score (nSPS) is 16.0. The van der Waals surface area contributed by atoms with Gasteiger partial charge >= 0.3 is 0 Å². The number of anilines is 1. The van der Waals surface area contributed by atoms with Gasteiger partial charge in [0.05, 0.1) is 10.0 Å². The molecule has 1 aromatic carbocycles. The molecule has 0 unspecified atom stereocenters. The minimum atomic E-state index is 0.557. The zero-order chi connectivity index (χ0) is 15.4. The van der Waals surface area contributed by atoms with Gasteiger partial charge in [0.2, 0.25) is 0 Å². The molecule has 3 rings (SSSR count). The van der Waals surface area contributed by atoms with Gasteiger partial charge in [0.25, 0.3) is 0 Å². The lowest BCUT2D eigenvalue weighted by atomic mass is 10.3. The molecule has 0 N–H and O–H groups in total. The molecule has 0 aliphatic carbocycles. The fraction of sp³-hybridized carbons (Fsp3) is 0.400. The SMILES string of the molecule is Clc1cccc(Cl)c1OCCN1CCN(c2nccs2)CC1. The Balaban J connectivity index is 1.44. The number of hydrogen-bond acceptors (Lipinski definition) is 5. The van der Waals surface area contributed by atoms with Crippen molar-refractivity contribution in [1.82, 2.24) is 9.88 Å². The zero-order valence-electron chi connectivity index (χ0n) is 12.0. The van der Waals surface area contributed by atoms with Crippen LogP contribution in [0.2, 0.25) is 10.0 Å². The molecular weight excluding hydrogens is 341 g/mol. The van der Waals surface area contributed by atoms with Crippen molar-refractivity contribution >= 4 is 39.7 Å². The van der Waals surface area contributed by atoms with Gasteiger partial charge in [-0.1, -0.05) is 29.3 Å². The van der Waals surface area contributed by atoms with Crippen molar-refractivity contribution in [2.24, 2.45) is 0 Å². The highest BCUT2D eigenvalue weighted by molar-refractivity contribution is 7.13. The number of rotatable bonds is 5. The number of nitrogens with zero attached hydrogens (tertiary/aromatic N) is 3. The second-order valence-electron chi connectivity index (χ2n) is 5.04.